The number of amides is 1. The van der Waals surface area contributed by atoms with Crippen LogP contribution in [0.4, 0.5) is 4.79 Å². The smallest absolute Gasteiger partial charge is 0.407 e. The summed E-state index contributed by atoms with van der Waals surface area (Å²) >= 11 is 0. The first-order chi connectivity index (χ1) is 7.60. The number of nitrogens with one attached hydrogen (secondary N) is 1. The second-order valence-electron chi connectivity index (χ2n) is 5.40. The summed E-state index contributed by atoms with van der Waals surface area (Å²) in [4.78, 5) is 22.1. The standard InChI is InChI=1S/C11H22N2O4/c1-8(2)12-11(16)17-9(6-10(14)15)7-13(3,4)5/h8-9H,6-7H2,1-5H3,(H-,12,14,15,16)/p+1/t9-/m1/s1. The van der Waals surface area contributed by atoms with Crippen molar-refractivity contribution in [3.05, 3.63) is 0 Å². The number of carbonyl (C=O) groups excluding carboxylic acids is 1. The molecule has 0 fully saturated rings. The Morgan fingerprint density at radius 2 is 1.82 bits per heavy atom. The van der Waals surface area contributed by atoms with Crippen LogP contribution in [0.15, 0.2) is 0 Å². The van der Waals surface area contributed by atoms with Crippen molar-refractivity contribution in [2.75, 3.05) is 27.7 Å². The van der Waals surface area contributed by atoms with E-state index in [-0.39, 0.29) is 12.5 Å². The van der Waals surface area contributed by atoms with Crippen LogP contribution in [0.3, 0.4) is 0 Å². The van der Waals surface area contributed by atoms with Crippen LogP contribution in [0.2, 0.25) is 0 Å². The SMILES string of the molecule is CC(C)NC(=O)O[C@H](CC(=O)O)C[N+](C)(C)C. The first-order valence-electron chi connectivity index (χ1n) is 5.59. The van der Waals surface area contributed by atoms with E-state index in [0.29, 0.717) is 11.0 Å². The van der Waals surface area contributed by atoms with Gasteiger partial charge in [-0.05, 0) is 13.8 Å². The fourth-order valence-corrected chi connectivity index (χ4v) is 1.37. The van der Waals surface area contributed by atoms with Crippen LogP contribution in [0.5, 0.6) is 0 Å². The summed E-state index contributed by atoms with van der Waals surface area (Å²) in [7, 11) is 5.75. The van der Waals surface area contributed by atoms with Gasteiger partial charge < -0.3 is 19.6 Å². The number of rotatable bonds is 6. The molecule has 0 aromatic rings. The Morgan fingerprint density at radius 1 is 1.29 bits per heavy atom. The molecular weight excluding hydrogens is 224 g/mol. The molecule has 0 radical (unpaired) electrons. The van der Waals surface area contributed by atoms with Gasteiger partial charge in [0.1, 0.15) is 6.54 Å². The number of ether oxygens (including phenoxy) is 1. The lowest BCUT2D eigenvalue weighted by molar-refractivity contribution is -0.873. The number of likely N-dealkylation sites (N-methyl/N-ethyl adjacent to an activating group) is 1. The molecule has 0 spiro atoms. The first-order valence-corrected chi connectivity index (χ1v) is 5.59. The number of carboxylic acids is 1. The summed E-state index contributed by atoms with van der Waals surface area (Å²) in [6.45, 7) is 4.08. The van der Waals surface area contributed by atoms with Gasteiger partial charge in [-0.2, -0.15) is 0 Å². The zero-order valence-electron chi connectivity index (χ0n) is 11.2. The van der Waals surface area contributed by atoms with E-state index in [9.17, 15) is 9.59 Å². The predicted molar refractivity (Wildman–Crippen MR) is 63.7 cm³/mol. The molecule has 0 heterocycles. The summed E-state index contributed by atoms with van der Waals surface area (Å²) in [5.74, 6) is -0.971. The Balaban J connectivity index is 4.38. The molecule has 0 saturated heterocycles. The van der Waals surface area contributed by atoms with Crippen LogP contribution in [0.1, 0.15) is 20.3 Å². The minimum atomic E-state index is -0.971. The van der Waals surface area contributed by atoms with E-state index >= 15 is 0 Å². The fraction of sp³-hybridized carbons (Fsp3) is 0.818. The molecule has 0 bridgehead atoms. The van der Waals surface area contributed by atoms with Crippen LogP contribution in [-0.2, 0) is 9.53 Å². The van der Waals surface area contributed by atoms with E-state index in [1.165, 1.54) is 0 Å². The zero-order chi connectivity index (χ0) is 13.6. The molecule has 0 aromatic carbocycles. The number of hydrogen-bond acceptors (Lipinski definition) is 3. The van der Waals surface area contributed by atoms with Gasteiger partial charge in [-0.15, -0.1) is 0 Å². The van der Waals surface area contributed by atoms with Gasteiger partial charge in [0.15, 0.2) is 6.10 Å². The zero-order valence-corrected chi connectivity index (χ0v) is 11.2. The van der Waals surface area contributed by atoms with Gasteiger partial charge in [-0.25, -0.2) is 4.79 Å². The van der Waals surface area contributed by atoms with Crippen LogP contribution in [0, 0.1) is 0 Å². The van der Waals surface area contributed by atoms with Gasteiger partial charge in [0.25, 0.3) is 0 Å². The fourth-order valence-electron chi connectivity index (χ4n) is 1.37. The average molecular weight is 247 g/mol. The third kappa shape index (κ3) is 9.62. The minimum Gasteiger partial charge on any atom is -0.481 e. The third-order valence-corrected chi connectivity index (χ3v) is 1.83. The molecular formula is C11H23N2O4+. The second-order valence-corrected chi connectivity index (χ2v) is 5.40. The Bertz CT molecular complexity index is 271. The molecule has 100 valence electrons. The van der Waals surface area contributed by atoms with Crippen LogP contribution in [0.25, 0.3) is 0 Å². The van der Waals surface area contributed by atoms with Crippen molar-refractivity contribution in [2.24, 2.45) is 0 Å². The maximum atomic E-state index is 11.4. The maximum absolute atomic E-state index is 11.4. The van der Waals surface area contributed by atoms with Crippen LogP contribution >= 0.6 is 0 Å². The first kappa shape index (κ1) is 15.7. The Labute approximate surface area is 102 Å². The number of carboxylic acid groups (broad SMARTS) is 1. The topological polar surface area (TPSA) is 75.6 Å². The van der Waals surface area contributed by atoms with Gasteiger partial charge in [0, 0.05) is 6.04 Å². The highest BCUT2D eigenvalue weighted by Gasteiger charge is 2.24. The van der Waals surface area contributed by atoms with Gasteiger partial charge in [0.05, 0.1) is 27.6 Å². The van der Waals surface area contributed by atoms with E-state index in [2.05, 4.69) is 5.32 Å². The largest absolute Gasteiger partial charge is 0.481 e. The van der Waals surface area contributed by atoms with Crippen LogP contribution < -0.4 is 5.32 Å². The second kappa shape index (κ2) is 6.44. The Hall–Kier alpha value is -1.30. The molecule has 1 amide bonds. The van der Waals surface area contributed by atoms with E-state index in [4.69, 9.17) is 9.84 Å². The molecule has 0 aliphatic heterocycles. The van der Waals surface area contributed by atoms with Crippen molar-refractivity contribution in [1.82, 2.24) is 5.32 Å². The monoisotopic (exact) mass is 247 g/mol. The van der Waals surface area contributed by atoms with Gasteiger partial charge in [-0.3, -0.25) is 4.79 Å². The van der Waals surface area contributed by atoms with Crippen molar-refractivity contribution >= 4 is 12.1 Å². The molecule has 2 N–H and O–H groups in total. The Morgan fingerprint density at radius 3 is 2.18 bits per heavy atom. The van der Waals surface area contributed by atoms with Crippen molar-refractivity contribution < 1.29 is 23.9 Å². The normalized spacial score (nSPS) is 13.3. The molecule has 0 unspecified atom stereocenters. The minimum absolute atomic E-state index is 0.0305. The molecule has 17 heavy (non-hydrogen) atoms. The predicted octanol–water partition coefficient (Wildman–Crippen LogP) is 0.671. The molecule has 0 aliphatic carbocycles. The number of aliphatic carboxylic acids is 1. The lowest BCUT2D eigenvalue weighted by Gasteiger charge is -2.28. The lowest BCUT2D eigenvalue weighted by atomic mass is 10.2. The number of alkyl carbamates (subject to hydrolysis) is 1. The van der Waals surface area contributed by atoms with Crippen molar-refractivity contribution in [2.45, 2.75) is 32.4 Å². The van der Waals surface area contributed by atoms with E-state index in [0.717, 1.165) is 0 Å². The molecule has 0 saturated carbocycles. The molecule has 6 nitrogen and oxygen atoms in total. The summed E-state index contributed by atoms with van der Waals surface area (Å²) in [5.41, 5.74) is 0. The van der Waals surface area contributed by atoms with Crippen LogP contribution in [-0.4, -0.2) is 61.5 Å². The summed E-state index contributed by atoms with van der Waals surface area (Å²) in [5, 5.41) is 11.3. The van der Waals surface area contributed by atoms with Crippen molar-refractivity contribution in [3.63, 3.8) is 0 Å². The molecule has 6 heteroatoms. The quantitative estimate of drug-likeness (QED) is 0.676. The number of quaternary nitrogens is 1. The highest BCUT2D eigenvalue weighted by molar-refractivity contribution is 5.70. The van der Waals surface area contributed by atoms with Gasteiger partial charge >= 0.3 is 12.1 Å². The summed E-state index contributed by atoms with van der Waals surface area (Å²) in [6.07, 6.45) is -1.37. The van der Waals surface area contributed by atoms with Gasteiger partial charge in [0.2, 0.25) is 0 Å². The van der Waals surface area contributed by atoms with E-state index in [1.54, 1.807) is 0 Å². The maximum Gasteiger partial charge on any atom is 0.407 e. The summed E-state index contributed by atoms with van der Waals surface area (Å²) < 4.78 is 5.64. The highest BCUT2D eigenvalue weighted by atomic mass is 16.6. The highest BCUT2D eigenvalue weighted by Crippen LogP contribution is 2.05. The lowest BCUT2D eigenvalue weighted by Crippen LogP contribution is -2.45. The number of nitrogens with zero attached hydrogens (tertiary/aromatic N) is 1. The number of carbonyl (C=O) groups is 2. The Kier molecular flexibility index (Phi) is 5.95. The average Bonchev–Trinajstić information content (AvgIpc) is 1.95. The summed E-state index contributed by atoms with van der Waals surface area (Å²) in [6, 6.07) is -0.0305. The van der Waals surface area contributed by atoms with Crippen molar-refractivity contribution in [1.29, 1.82) is 0 Å². The molecule has 0 rings (SSSR count). The van der Waals surface area contributed by atoms with E-state index < -0.39 is 18.2 Å². The van der Waals surface area contributed by atoms with E-state index in [1.807, 2.05) is 35.0 Å². The van der Waals surface area contributed by atoms with Gasteiger partial charge in [-0.1, -0.05) is 0 Å². The van der Waals surface area contributed by atoms with Crippen molar-refractivity contribution in [3.8, 4) is 0 Å². The third-order valence-electron chi connectivity index (χ3n) is 1.83. The molecule has 0 aliphatic rings. The molecule has 1 atom stereocenters. The number of hydrogen-bond donors (Lipinski definition) is 2. The molecule has 0 aromatic heterocycles.